The average Bonchev–Trinajstić information content (AvgIpc) is 2.33. The Bertz CT molecular complexity index is 372. The number of pyridine rings is 1. The normalized spacial score (nSPS) is 28.9. The van der Waals surface area contributed by atoms with Crippen LogP contribution in [0.1, 0.15) is 58.6 Å². The summed E-state index contributed by atoms with van der Waals surface area (Å²) >= 11 is 0. The van der Waals surface area contributed by atoms with Crippen molar-refractivity contribution in [3.05, 3.63) is 30.1 Å². The molecule has 0 saturated heterocycles. The van der Waals surface area contributed by atoms with E-state index in [1.54, 1.807) is 0 Å². The summed E-state index contributed by atoms with van der Waals surface area (Å²) in [6.07, 6.45) is 7.75. The Labute approximate surface area is 111 Å². The number of aromatic nitrogens is 1. The third-order valence-corrected chi connectivity index (χ3v) is 4.34. The van der Waals surface area contributed by atoms with E-state index in [1.807, 2.05) is 18.5 Å². The molecule has 0 bridgehead atoms. The van der Waals surface area contributed by atoms with Crippen LogP contribution in [-0.2, 0) is 0 Å². The van der Waals surface area contributed by atoms with E-state index in [2.05, 4.69) is 44.1 Å². The van der Waals surface area contributed by atoms with Gasteiger partial charge in [-0.3, -0.25) is 4.98 Å². The molecule has 1 aromatic heterocycles. The van der Waals surface area contributed by atoms with Crippen molar-refractivity contribution in [3.63, 3.8) is 0 Å². The molecular formula is C16H26N2. The topological polar surface area (TPSA) is 24.9 Å². The van der Waals surface area contributed by atoms with E-state index >= 15 is 0 Å². The summed E-state index contributed by atoms with van der Waals surface area (Å²) in [7, 11) is 0. The van der Waals surface area contributed by atoms with Crippen LogP contribution in [0.5, 0.6) is 0 Å². The molecule has 0 amide bonds. The van der Waals surface area contributed by atoms with Crippen molar-refractivity contribution in [2.24, 2.45) is 11.3 Å². The molecule has 1 aromatic rings. The molecule has 2 heteroatoms. The van der Waals surface area contributed by atoms with Crippen LogP contribution in [0.4, 0.5) is 0 Å². The second-order valence-corrected chi connectivity index (χ2v) is 6.67. The maximum Gasteiger partial charge on any atom is 0.0315 e. The highest BCUT2D eigenvalue weighted by atomic mass is 15.0. The van der Waals surface area contributed by atoms with E-state index in [0.717, 1.165) is 5.92 Å². The van der Waals surface area contributed by atoms with Gasteiger partial charge in [-0.05, 0) is 49.1 Å². The smallest absolute Gasteiger partial charge is 0.0315 e. The van der Waals surface area contributed by atoms with Gasteiger partial charge in [-0.25, -0.2) is 0 Å². The van der Waals surface area contributed by atoms with Crippen LogP contribution < -0.4 is 5.32 Å². The van der Waals surface area contributed by atoms with Crippen LogP contribution in [0.2, 0.25) is 0 Å². The standard InChI is InChI=1S/C16H26N2/c1-12-10-16(3,4)8-7-15(12)18-13(2)14-6-5-9-17-11-14/h5-6,9,11-13,15,18H,7-8,10H2,1-4H3/t12?,13-,15?/m1/s1. The minimum Gasteiger partial charge on any atom is -0.307 e. The van der Waals surface area contributed by atoms with Crippen molar-refractivity contribution in [2.45, 2.75) is 59.0 Å². The zero-order valence-electron chi connectivity index (χ0n) is 12.1. The van der Waals surface area contributed by atoms with Gasteiger partial charge in [0.1, 0.15) is 0 Å². The summed E-state index contributed by atoms with van der Waals surface area (Å²) in [5.74, 6) is 0.757. The molecule has 1 aliphatic carbocycles. The van der Waals surface area contributed by atoms with Crippen LogP contribution in [0.15, 0.2) is 24.5 Å². The molecule has 0 aromatic carbocycles. The predicted molar refractivity (Wildman–Crippen MR) is 76.4 cm³/mol. The Morgan fingerprint density at radius 2 is 2.22 bits per heavy atom. The van der Waals surface area contributed by atoms with Gasteiger partial charge < -0.3 is 5.32 Å². The molecule has 2 unspecified atom stereocenters. The first-order valence-electron chi connectivity index (χ1n) is 7.14. The maximum atomic E-state index is 4.20. The van der Waals surface area contributed by atoms with Crippen molar-refractivity contribution in [3.8, 4) is 0 Å². The lowest BCUT2D eigenvalue weighted by molar-refractivity contribution is 0.143. The van der Waals surface area contributed by atoms with E-state index in [0.29, 0.717) is 17.5 Å². The monoisotopic (exact) mass is 246 g/mol. The lowest BCUT2D eigenvalue weighted by atomic mass is 9.70. The van der Waals surface area contributed by atoms with Crippen LogP contribution >= 0.6 is 0 Å². The van der Waals surface area contributed by atoms with Gasteiger partial charge in [0.25, 0.3) is 0 Å². The summed E-state index contributed by atoms with van der Waals surface area (Å²) in [5, 5.41) is 3.78. The van der Waals surface area contributed by atoms with E-state index in [9.17, 15) is 0 Å². The fraction of sp³-hybridized carbons (Fsp3) is 0.688. The van der Waals surface area contributed by atoms with E-state index < -0.39 is 0 Å². The van der Waals surface area contributed by atoms with Gasteiger partial charge in [0.2, 0.25) is 0 Å². The molecule has 2 nitrogen and oxygen atoms in total. The van der Waals surface area contributed by atoms with Gasteiger partial charge in [-0.15, -0.1) is 0 Å². The van der Waals surface area contributed by atoms with Crippen LogP contribution in [0.25, 0.3) is 0 Å². The van der Waals surface area contributed by atoms with Crippen molar-refractivity contribution in [1.29, 1.82) is 0 Å². The average molecular weight is 246 g/mol. The van der Waals surface area contributed by atoms with Crippen LogP contribution in [0, 0.1) is 11.3 Å². The third-order valence-electron chi connectivity index (χ3n) is 4.34. The van der Waals surface area contributed by atoms with Crippen molar-refractivity contribution >= 4 is 0 Å². The zero-order valence-corrected chi connectivity index (χ0v) is 12.1. The zero-order chi connectivity index (χ0) is 13.2. The largest absolute Gasteiger partial charge is 0.307 e. The fourth-order valence-corrected chi connectivity index (χ4v) is 3.24. The molecule has 0 aliphatic heterocycles. The van der Waals surface area contributed by atoms with Crippen molar-refractivity contribution < 1.29 is 0 Å². The minimum absolute atomic E-state index is 0.396. The lowest BCUT2D eigenvalue weighted by Crippen LogP contribution is -2.42. The Hall–Kier alpha value is -0.890. The van der Waals surface area contributed by atoms with Crippen LogP contribution in [-0.4, -0.2) is 11.0 Å². The molecule has 1 saturated carbocycles. The van der Waals surface area contributed by atoms with Gasteiger partial charge in [0.05, 0.1) is 0 Å². The number of hydrogen-bond acceptors (Lipinski definition) is 2. The van der Waals surface area contributed by atoms with E-state index in [-0.39, 0.29) is 0 Å². The van der Waals surface area contributed by atoms with Gasteiger partial charge in [0.15, 0.2) is 0 Å². The highest BCUT2D eigenvalue weighted by Gasteiger charge is 2.32. The highest BCUT2D eigenvalue weighted by Crippen LogP contribution is 2.39. The number of nitrogens with zero attached hydrogens (tertiary/aromatic N) is 1. The maximum absolute atomic E-state index is 4.20. The van der Waals surface area contributed by atoms with Crippen molar-refractivity contribution in [1.82, 2.24) is 10.3 Å². The summed E-state index contributed by atoms with van der Waals surface area (Å²) in [6, 6.07) is 5.21. The second kappa shape index (κ2) is 5.40. The quantitative estimate of drug-likeness (QED) is 0.873. The molecule has 100 valence electrons. The highest BCUT2D eigenvalue weighted by molar-refractivity contribution is 5.13. The Balaban J connectivity index is 1.94. The molecule has 1 heterocycles. The first-order valence-corrected chi connectivity index (χ1v) is 7.14. The summed E-state index contributed by atoms with van der Waals surface area (Å²) in [4.78, 5) is 4.20. The number of rotatable bonds is 3. The second-order valence-electron chi connectivity index (χ2n) is 6.67. The number of hydrogen-bond donors (Lipinski definition) is 1. The molecule has 3 atom stereocenters. The lowest BCUT2D eigenvalue weighted by Gasteiger charge is -2.40. The molecule has 1 N–H and O–H groups in total. The summed E-state index contributed by atoms with van der Waals surface area (Å²) in [6.45, 7) is 9.41. The molecule has 1 fully saturated rings. The molecule has 0 radical (unpaired) electrons. The molecule has 18 heavy (non-hydrogen) atoms. The first kappa shape index (κ1) is 13.5. The summed E-state index contributed by atoms with van der Waals surface area (Å²) < 4.78 is 0. The summed E-state index contributed by atoms with van der Waals surface area (Å²) in [5.41, 5.74) is 1.81. The van der Waals surface area contributed by atoms with Gasteiger partial charge in [-0.2, -0.15) is 0 Å². The van der Waals surface area contributed by atoms with Gasteiger partial charge >= 0.3 is 0 Å². The molecular weight excluding hydrogens is 220 g/mol. The Morgan fingerprint density at radius 1 is 1.44 bits per heavy atom. The predicted octanol–water partition coefficient (Wildman–Crippen LogP) is 3.95. The molecule has 1 aliphatic rings. The van der Waals surface area contributed by atoms with E-state index in [1.165, 1.54) is 24.8 Å². The molecule has 0 spiro atoms. The Kier molecular flexibility index (Phi) is 4.06. The molecule has 2 rings (SSSR count). The Morgan fingerprint density at radius 3 is 2.83 bits per heavy atom. The van der Waals surface area contributed by atoms with Gasteiger partial charge in [0, 0.05) is 24.5 Å². The first-order chi connectivity index (χ1) is 8.48. The third kappa shape index (κ3) is 3.32. The van der Waals surface area contributed by atoms with Crippen molar-refractivity contribution in [2.75, 3.05) is 0 Å². The minimum atomic E-state index is 0.396. The fourth-order valence-electron chi connectivity index (χ4n) is 3.24. The van der Waals surface area contributed by atoms with Gasteiger partial charge in [-0.1, -0.05) is 26.8 Å². The van der Waals surface area contributed by atoms with E-state index in [4.69, 9.17) is 0 Å². The van der Waals surface area contributed by atoms with Crippen LogP contribution in [0.3, 0.4) is 0 Å². The SMILES string of the molecule is CC1CC(C)(C)CCC1N[C@H](C)c1cccnc1. The number of nitrogens with one attached hydrogen (secondary N) is 1.